The fourth-order valence-corrected chi connectivity index (χ4v) is 15.3. The van der Waals surface area contributed by atoms with E-state index in [0.29, 0.717) is 10.0 Å². The molecule has 0 atom stereocenters. The first-order chi connectivity index (χ1) is 38.7. The Morgan fingerprint density at radius 3 is 1.18 bits per heavy atom. The molecular weight excluding hydrogens is 1100 g/mol. The zero-order chi connectivity index (χ0) is 55.1. The monoisotopic (exact) mass is 1140 g/mol. The zero-order valence-corrected chi connectivity index (χ0v) is 47.3. The highest BCUT2D eigenvalue weighted by molar-refractivity contribution is 9.10. The van der Waals surface area contributed by atoms with Crippen LogP contribution in [0.5, 0.6) is 0 Å². The van der Waals surface area contributed by atoms with Crippen LogP contribution in [-0.2, 0) is 20.1 Å². The van der Waals surface area contributed by atoms with E-state index in [2.05, 4.69) is 220 Å². The SMILES string of the molecule is CC1(C)OB(c2ccc3c(c2)C2(c4ccccc4S3)c3ccccc3-c3ccccc32)OC1(C)C.O=[N+]([O-])c1ccccc1-c1ccc2c(c1)C1(c3ccccc3S2)c2ccccc2-c2ccccc21.O=[N+]([O-])c1ccccc1Br. The van der Waals surface area contributed by atoms with Gasteiger partial charge in [0.15, 0.2) is 0 Å². The van der Waals surface area contributed by atoms with E-state index in [1.165, 1.54) is 92.4 Å². The summed E-state index contributed by atoms with van der Waals surface area (Å²) in [6.07, 6.45) is 0. The molecule has 3 aliphatic heterocycles. The molecule has 0 radical (unpaired) electrons. The Hall–Kier alpha value is -7.84. The van der Waals surface area contributed by atoms with Gasteiger partial charge in [-0.15, -0.1) is 0 Å². The molecule has 0 N–H and O–H groups in total. The van der Waals surface area contributed by atoms with E-state index < -0.39 is 17.5 Å². The lowest BCUT2D eigenvalue weighted by Crippen LogP contribution is -2.41. The molecule has 3 heterocycles. The van der Waals surface area contributed by atoms with E-state index in [0.717, 1.165) is 11.0 Å². The lowest BCUT2D eigenvalue weighted by Gasteiger charge is -2.40. The number of halogens is 1. The average Bonchev–Trinajstić information content (AvgIpc) is 4.22. The fraction of sp³-hybridized carbons (Fsp3) is 0.118. The summed E-state index contributed by atoms with van der Waals surface area (Å²) in [4.78, 5) is 26.3. The second-order valence-corrected chi connectivity index (χ2v) is 24.4. The van der Waals surface area contributed by atoms with Gasteiger partial charge in [0, 0.05) is 31.7 Å². The van der Waals surface area contributed by atoms with Crippen LogP contribution >= 0.6 is 39.5 Å². The normalized spacial score (nSPS) is 15.9. The Morgan fingerprint density at radius 2 is 0.738 bits per heavy atom. The Morgan fingerprint density at radius 1 is 0.388 bits per heavy atom. The van der Waals surface area contributed by atoms with Gasteiger partial charge in [-0.25, -0.2) is 0 Å². The van der Waals surface area contributed by atoms with Crippen LogP contribution in [0.4, 0.5) is 11.4 Å². The number of nitro benzene ring substituents is 2. The molecule has 8 nitrogen and oxygen atoms in total. The number of fused-ring (bicyclic) bond motifs is 18. The van der Waals surface area contributed by atoms with Gasteiger partial charge in [0.25, 0.3) is 11.4 Å². The lowest BCUT2D eigenvalue weighted by molar-refractivity contribution is -0.385. The Bertz CT molecular complexity index is 4080. The van der Waals surface area contributed by atoms with Crippen molar-refractivity contribution < 1.29 is 19.2 Å². The largest absolute Gasteiger partial charge is 0.494 e. The van der Waals surface area contributed by atoms with Gasteiger partial charge < -0.3 is 9.31 Å². The minimum absolute atomic E-state index is 0.0995. The van der Waals surface area contributed by atoms with Gasteiger partial charge in [0.05, 0.1) is 41.9 Å². The molecule has 12 heteroatoms. The van der Waals surface area contributed by atoms with Crippen molar-refractivity contribution in [2.75, 3.05) is 0 Å². The third kappa shape index (κ3) is 7.97. The summed E-state index contributed by atoms with van der Waals surface area (Å²) in [7, 11) is -0.392. The summed E-state index contributed by atoms with van der Waals surface area (Å²) in [5.41, 5.74) is 16.6. The maximum atomic E-state index is 11.8. The molecule has 0 amide bonds. The first-order valence-corrected chi connectivity index (χ1v) is 28.9. The minimum atomic E-state index is -0.482. The molecule has 1 saturated heterocycles. The van der Waals surface area contributed by atoms with Crippen LogP contribution in [-0.4, -0.2) is 28.2 Å². The van der Waals surface area contributed by atoms with E-state index in [-0.39, 0.29) is 32.9 Å². The number of rotatable bonds is 4. The van der Waals surface area contributed by atoms with Gasteiger partial charge in [-0.3, -0.25) is 20.2 Å². The third-order valence-electron chi connectivity index (χ3n) is 16.7. The molecule has 5 aliphatic rings. The standard InChI is InChI=1S/C31H27BO2S.C31H19NO2S.C6H4BrNO2/c1-29(2)30(3,4)34-32(33-29)20-17-18-28-26(19-20)31(25-15-9-10-16-27(25)35-28)23-13-7-5-11-21(23)22-12-6-8-14-24(22)31;33-32(34)28-15-7-3-9-21(28)20-17-18-30-27(19-20)31(26-14-6-8-16-29(26)35-30)24-12-4-1-10-22(24)23-11-2-5-13-25(23)31;7-5-3-1-2-4-6(5)8(9)10/h5-19H,1-4H3;1-19H;1-4H. The van der Waals surface area contributed by atoms with Crippen molar-refractivity contribution in [1.82, 2.24) is 0 Å². The molecule has 1 fully saturated rings. The highest BCUT2D eigenvalue weighted by Crippen LogP contribution is 2.64. The van der Waals surface area contributed by atoms with Crippen molar-refractivity contribution in [3.05, 3.63) is 300 Å². The molecule has 15 rings (SSSR count). The zero-order valence-electron chi connectivity index (χ0n) is 44.1. The van der Waals surface area contributed by atoms with Crippen molar-refractivity contribution in [2.45, 2.75) is 69.3 Å². The molecular formula is C68H50BBrN2O6S2. The number of hydrogen-bond acceptors (Lipinski definition) is 8. The molecule has 0 bridgehead atoms. The van der Waals surface area contributed by atoms with Gasteiger partial charge in [-0.1, -0.05) is 199 Å². The molecule has 2 spiro atoms. The molecule has 10 aromatic rings. The Labute approximate surface area is 481 Å². The van der Waals surface area contributed by atoms with Crippen LogP contribution in [0.25, 0.3) is 33.4 Å². The van der Waals surface area contributed by atoms with Crippen LogP contribution < -0.4 is 5.46 Å². The summed E-state index contributed by atoms with van der Waals surface area (Å²) in [5.74, 6) is 0. The molecule has 2 aliphatic carbocycles. The second kappa shape index (κ2) is 19.8. The van der Waals surface area contributed by atoms with Crippen LogP contribution in [0.15, 0.2) is 255 Å². The van der Waals surface area contributed by atoms with Gasteiger partial charge in [0.2, 0.25) is 0 Å². The van der Waals surface area contributed by atoms with Crippen molar-refractivity contribution in [1.29, 1.82) is 0 Å². The van der Waals surface area contributed by atoms with Gasteiger partial charge >= 0.3 is 7.12 Å². The van der Waals surface area contributed by atoms with Crippen LogP contribution in [0.1, 0.15) is 72.2 Å². The second-order valence-electron chi connectivity index (χ2n) is 21.4. The molecule has 0 unspecified atom stereocenters. The van der Waals surface area contributed by atoms with Crippen LogP contribution in [0.2, 0.25) is 0 Å². The van der Waals surface area contributed by atoms with Gasteiger partial charge in [-0.2, -0.15) is 0 Å². The summed E-state index contributed by atoms with van der Waals surface area (Å²) in [5, 5.41) is 22.0. The summed E-state index contributed by atoms with van der Waals surface area (Å²) < 4.78 is 13.5. The van der Waals surface area contributed by atoms with E-state index in [1.54, 1.807) is 42.1 Å². The molecule has 0 saturated carbocycles. The highest BCUT2D eigenvalue weighted by atomic mass is 79.9. The number of benzene rings is 10. The maximum absolute atomic E-state index is 11.8. The van der Waals surface area contributed by atoms with E-state index in [4.69, 9.17) is 9.31 Å². The van der Waals surface area contributed by atoms with Gasteiger partial charge in [0.1, 0.15) is 0 Å². The summed E-state index contributed by atoms with van der Waals surface area (Å²) in [6, 6.07) is 79.3. The predicted octanol–water partition coefficient (Wildman–Crippen LogP) is 17.3. The first-order valence-electron chi connectivity index (χ1n) is 26.4. The third-order valence-corrected chi connectivity index (χ3v) is 19.7. The minimum Gasteiger partial charge on any atom is -0.399 e. The lowest BCUT2D eigenvalue weighted by atomic mass is 9.65. The van der Waals surface area contributed by atoms with Crippen LogP contribution in [0.3, 0.4) is 0 Å². The van der Waals surface area contributed by atoms with Gasteiger partial charge in [-0.05, 0) is 164 Å². The molecule has 80 heavy (non-hydrogen) atoms. The van der Waals surface area contributed by atoms with Crippen molar-refractivity contribution in [3.63, 3.8) is 0 Å². The van der Waals surface area contributed by atoms with E-state index in [1.807, 2.05) is 30.0 Å². The van der Waals surface area contributed by atoms with E-state index in [9.17, 15) is 20.2 Å². The van der Waals surface area contributed by atoms with Crippen molar-refractivity contribution in [2.24, 2.45) is 0 Å². The Kier molecular flexibility index (Phi) is 12.7. The topological polar surface area (TPSA) is 105 Å². The number of nitro groups is 2. The summed E-state index contributed by atoms with van der Waals surface area (Å²) >= 11 is 6.69. The van der Waals surface area contributed by atoms with E-state index >= 15 is 0 Å². The Balaban J connectivity index is 0.000000129. The predicted molar refractivity (Wildman–Crippen MR) is 324 cm³/mol. The van der Waals surface area contributed by atoms with Crippen molar-refractivity contribution in [3.8, 4) is 33.4 Å². The fourth-order valence-electron chi connectivity index (χ4n) is 12.5. The number of nitrogens with zero attached hydrogens (tertiary/aromatic N) is 2. The van der Waals surface area contributed by atoms with Crippen LogP contribution in [0, 0.1) is 20.2 Å². The molecule has 0 aromatic heterocycles. The smallest absolute Gasteiger partial charge is 0.399 e. The highest BCUT2D eigenvalue weighted by Gasteiger charge is 2.55. The maximum Gasteiger partial charge on any atom is 0.494 e. The quantitative estimate of drug-likeness (QED) is 0.0975. The summed E-state index contributed by atoms with van der Waals surface area (Å²) in [6.45, 7) is 8.45. The number of hydrogen-bond donors (Lipinski definition) is 0. The van der Waals surface area contributed by atoms with Crippen molar-refractivity contribution >= 4 is 63.4 Å². The molecule has 390 valence electrons. The average molecular weight is 1150 g/mol. The number of para-hydroxylation sites is 2. The molecule has 10 aromatic carbocycles. The first kappa shape index (κ1) is 51.6.